The van der Waals surface area contributed by atoms with Crippen molar-refractivity contribution >= 4 is 34.5 Å². The molecule has 0 saturated heterocycles. The lowest BCUT2D eigenvalue weighted by molar-refractivity contribution is 0.267. The summed E-state index contributed by atoms with van der Waals surface area (Å²) in [6, 6.07) is 16.3. The van der Waals surface area contributed by atoms with Crippen LogP contribution in [0.25, 0.3) is 0 Å². The van der Waals surface area contributed by atoms with E-state index < -0.39 is 0 Å². The molecule has 3 aromatic carbocycles. The molecule has 0 bridgehead atoms. The van der Waals surface area contributed by atoms with E-state index in [4.69, 9.17) is 9.47 Å². The molecule has 5 heteroatoms. The van der Waals surface area contributed by atoms with Crippen LogP contribution in [0.1, 0.15) is 29.2 Å². The standard InChI is InChI=1S/C24H23FINO2/c1-4-28-23-13-19(14-27-22-7-5-6-16(2)17(22)3)12-21(26)24(23)29-15-18-8-10-20(25)11-9-18/h5-14H,4,15H2,1-3H3. The molecule has 150 valence electrons. The second kappa shape index (κ2) is 9.87. The number of aliphatic imine (C=N–C) groups is 1. The van der Waals surface area contributed by atoms with Crippen molar-refractivity contribution in [2.24, 2.45) is 4.99 Å². The average Bonchev–Trinajstić information content (AvgIpc) is 2.70. The zero-order valence-corrected chi connectivity index (χ0v) is 18.9. The topological polar surface area (TPSA) is 30.8 Å². The van der Waals surface area contributed by atoms with Crippen LogP contribution in [-0.4, -0.2) is 12.8 Å². The summed E-state index contributed by atoms with van der Waals surface area (Å²) < 4.78 is 25.8. The normalized spacial score (nSPS) is 11.1. The first-order chi connectivity index (χ1) is 14.0. The molecule has 3 rings (SSSR count). The Bertz CT molecular complexity index is 1020. The molecule has 0 aromatic heterocycles. The van der Waals surface area contributed by atoms with Crippen LogP contribution in [0.5, 0.6) is 11.5 Å². The monoisotopic (exact) mass is 503 g/mol. The van der Waals surface area contributed by atoms with E-state index in [2.05, 4.69) is 47.5 Å². The first kappa shape index (κ1) is 21.3. The van der Waals surface area contributed by atoms with Gasteiger partial charge in [-0.2, -0.15) is 0 Å². The Morgan fingerprint density at radius 1 is 1.03 bits per heavy atom. The lowest BCUT2D eigenvalue weighted by Gasteiger charge is -2.15. The van der Waals surface area contributed by atoms with Crippen molar-refractivity contribution in [3.8, 4) is 11.5 Å². The third kappa shape index (κ3) is 5.56. The Kier molecular flexibility index (Phi) is 7.25. The maximum atomic E-state index is 13.1. The number of ether oxygens (including phenoxy) is 2. The number of nitrogens with zero attached hydrogens (tertiary/aromatic N) is 1. The predicted molar refractivity (Wildman–Crippen MR) is 124 cm³/mol. The van der Waals surface area contributed by atoms with Gasteiger partial charge >= 0.3 is 0 Å². The van der Waals surface area contributed by atoms with Gasteiger partial charge in [0.1, 0.15) is 12.4 Å². The van der Waals surface area contributed by atoms with E-state index >= 15 is 0 Å². The minimum absolute atomic E-state index is 0.258. The summed E-state index contributed by atoms with van der Waals surface area (Å²) in [5.41, 5.74) is 5.17. The molecule has 0 aliphatic carbocycles. The zero-order valence-electron chi connectivity index (χ0n) is 16.7. The van der Waals surface area contributed by atoms with E-state index in [9.17, 15) is 4.39 Å². The Balaban J connectivity index is 1.84. The second-order valence-corrected chi connectivity index (χ2v) is 7.82. The predicted octanol–water partition coefficient (Wildman–Crippen LogP) is 6.78. The van der Waals surface area contributed by atoms with Crippen LogP contribution in [0.15, 0.2) is 59.6 Å². The molecule has 3 aromatic rings. The Labute approximate surface area is 184 Å². The van der Waals surface area contributed by atoms with Gasteiger partial charge in [0, 0.05) is 6.21 Å². The molecule has 0 aliphatic rings. The summed E-state index contributed by atoms with van der Waals surface area (Å²) in [4.78, 5) is 4.65. The zero-order chi connectivity index (χ0) is 20.8. The summed E-state index contributed by atoms with van der Waals surface area (Å²) in [5, 5.41) is 0. The lowest BCUT2D eigenvalue weighted by Crippen LogP contribution is -2.02. The molecule has 0 fully saturated rings. The first-order valence-electron chi connectivity index (χ1n) is 9.41. The van der Waals surface area contributed by atoms with Crippen molar-refractivity contribution in [3.63, 3.8) is 0 Å². The Hall–Kier alpha value is -2.41. The largest absolute Gasteiger partial charge is 0.490 e. The van der Waals surface area contributed by atoms with Gasteiger partial charge in [-0.1, -0.05) is 24.3 Å². The van der Waals surface area contributed by atoms with E-state index in [1.54, 1.807) is 12.1 Å². The van der Waals surface area contributed by atoms with Crippen LogP contribution >= 0.6 is 22.6 Å². The molecule has 29 heavy (non-hydrogen) atoms. The number of hydrogen-bond donors (Lipinski definition) is 0. The highest BCUT2D eigenvalue weighted by Crippen LogP contribution is 2.35. The minimum Gasteiger partial charge on any atom is -0.490 e. The third-order valence-electron chi connectivity index (χ3n) is 4.56. The van der Waals surface area contributed by atoms with Gasteiger partial charge < -0.3 is 9.47 Å². The summed E-state index contributed by atoms with van der Waals surface area (Å²) in [5.74, 6) is 1.09. The molecule has 0 unspecified atom stereocenters. The van der Waals surface area contributed by atoms with Gasteiger partial charge in [-0.25, -0.2) is 4.39 Å². The fraction of sp³-hybridized carbons (Fsp3) is 0.208. The molecule has 0 aliphatic heterocycles. The highest BCUT2D eigenvalue weighted by atomic mass is 127. The highest BCUT2D eigenvalue weighted by Gasteiger charge is 2.12. The number of benzene rings is 3. The summed E-state index contributed by atoms with van der Waals surface area (Å²) in [6.45, 7) is 6.96. The first-order valence-corrected chi connectivity index (χ1v) is 10.5. The van der Waals surface area contributed by atoms with Crippen LogP contribution < -0.4 is 9.47 Å². The number of halogens is 2. The summed E-state index contributed by atoms with van der Waals surface area (Å²) in [6.07, 6.45) is 1.84. The number of hydrogen-bond acceptors (Lipinski definition) is 3. The van der Waals surface area contributed by atoms with Crippen molar-refractivity contribution in [2.75, 3.05) is 6.61 Å². The number of rotatable bonds is 7. The van der Waals surface area contributed by atoms with E-state index in [0.29, 0.717) is 24.7 Å². The maximum absolute atomic E-state index is 13.1. The lowest BCUT2D eigenvalue weighted by atomic mass is 10.1. The highest BCUT2D eigenvalue weighted by molar-refractivity contribution is 14.1. The Morgan fingerprint density at radius 2 is 1.79 bits per heavy atom. The van der Waals surface area contributed by atoms with Crippen molar-refractivity contribution in [1.29, 1.82) is 0 Å². The van der Waals surface area contributed by atoms with Crippen molar-refractivity contribution in [3.05, 3.63) is 86.2 Å². The smallest absolute Gasteiger partial charge is 0.175 e. The van der Waals surface area contributed by atoms with Crippen molar-refractivity contribution in [1.82, 2.24) is 0 Å². The Morgan fingerprint density at radius 3 is 2.52 bits per heavy atom. The van der Waals surface area contributed by atoms with Gasteiger partial charge in [-0.15, -0.1) is 0 Å². The van der Waals surface area contributed by atoms with Gasteiger partial charge in [0.15, 0.2) is 11.5 Å². The van der Waals surface area contributed by atoms with Gasteiger partial charge in [0.05, 0.1) is 15.9 Å². The van der Waals surface area contributed by atoms with E-state index in [-0.39, 0.29) is 5.82 Å². The van der Waals surface area contributed by atoms with Gasteiger partial charge in [0.25, 0.3) is 0 Å². The van der Waals surface area contributed by atoms with Crippen LogP contribution in [0.2, 0.25) is 0 Å². The molecule has 0 amide bonds. The van der Waals surface area contributed by atoms with E-state index in [0.717, 1.165) is 20.4 Å². The summed E-state index contributed by atoms with van der Waals surface area (Å²) >= 11 is 2.24. The molecule has 0 N–H and O–H groups in total. The third-order valence-corrected chi connectivity index (χ3v) is 5.36. The quantitative estimate of drug-likeness (QED) is 0.263. The molecule has 3 nitrogen and oxygen atoms in total. The molecule has 0 radical (unpaired) electrons. The van der Waals surface area contributed by atoms with Crippen LogP contribution in [0.4, 0.5) is 10.1 Å². The summed E-state index contributed by atoms with van der Waals surface area (Å²) in [7, 11) is 0. The van der Waals surface area contributed by atoms with Gasteiger partial charge in [0.2, 0.25) is 0 Å². The van der Waals surface area contributed by atoms with E-state index in [1.165, 1.54) is 23.3 Å². The molecule has 0 atom stereocenters. The van der Waals surface area contributed by atoms with Gasteiger partial charge in [-0.05, 0) is 95.9 Å². The second-order valence-electron chi connectivity index (χ2n) is 6.66. The fourth-order valence-corrected chi connectivity index (χ4v) is 3.60. The van der Waals surface area contributed by atoms with Gasteiger partial charge in [-0.3, -0.25) is 4.99 Å². The van der Waals surface area contributed by atoms with Crippen molar-refractivity contribution < 1.29 is 13.9 Å². The fourth-order valence-electron chi connectivity index (χ4n) is 2.82. The van der Waals surface area contributed by atoms with Crippen LogP contribution in [0.3, 0.4) is 0 Å². The molecule has 0 heterocycles. The molecular formula is C24H23FINO2. The van der Waals surface area contributed by atoms with Crippen molar-refractivity contribution in [2.45, 2.75) is 27.4 Å². The SMILES string of the molecule is CCOc1cc(C=Nc2cccc(C)c2C)cc(I)c1OCc1ccc(F)cc1. The minimum atomic E-state index is -0.258. The average molecular weight is 503 g/mol. The number of aryl methyl sites for hydroxylation is 1. The van der Waals surface area contributed by atoms with Crippen LogP contribution in [-0.2, 0) is 6.61 Å². The molecular weight excluding hydrogens is 480 g/mol. The maximum Gasteiger partial charge on any atom is 0.175 e. The molecule has 0 spiro atoms. The molecule has 0 saturated carbocycles. The van der Waals surface area contributed by atoms with E-state index in [1.807, 2.05) is 37.4 Å². The van der Waals surface area contributed by atoms with Crippen LogP contribution in [0, 0.1) is 23.2 Å².